The van der Waals surface area contributed by atoms with Crippen LogP contribution in [0.3, 0.4) is 0 Å². The predicted octanol–water partition coefficient (Wildman–Crippen LogP) is 2.74. The first-order valence-electron chi connectivity index (χ1n) is 5.57. The topological polar surface area (TPSA) is 54.7 Å². The number of nitrogens with zero attached hydrogens (tertiary/aromatic N) is 1. The minimum absolute atomic E-state index is 0.485. The lowest BCUT2D eigenvalue weighted by Gasteiger charge is -2.08. The molecule has 0 spiro atoms. The number of benzene rings is 1. The van der Waals surface area contributed by atoms with Gasteiger partial charge in [-0.3, -0.25) is 0 Å². The zero-order valence-electron chi connectivity index (χ0n) is 9.33. The quantitative estimate of drug-likeness (QED) is 0.859. The van der Waals surface area contributed by atoms with Crippen molar-refractivity contribution in [3.63, 3.8) is 0 Å². The molecule has 3 nitrogen and oxygen atoms in total. The molecule has 16 heavy (non-hydrogen) atoms. The number of hydrogen-bond donors (Lipinski definition) is 2. The van der Waals surface area contributed by atoms with Crippen LogP contribution in [0.2, 0.25) is 5.02 Å². The Kier molecular flexibility index (Phi) is 3.46. The van der Waals surface area contributed by atoms with E-state index in [0.717, 1.165) is 29.7 Å². The van der Waals surface area contributed by atoms with E-state index in [-0.39, 0.29) is 0 Å². The SMILES string of the molecule is CCC(CN)Cc1nc2c(Cl)cccc2[nH]1. The molecule has 0 saturated carbocycles. The molecular formula is C12H16ClN3. The molecule has 1 aromatic carbocycles. The highest BCUT2D eigenvalue weighted by Gasteiger charge is 2.10. The normalized spacial score (nSPS) is 13.2. The number of fused-ring (bicyclic) bond motifs is 1. The summed E-state index contributed by atoms with van der Waals surface area (Å²) < 4.78 is 0. The summed E-state index contributed by atoms with van der Waals surface area (Å²) in [5, 5.41) is 0.695. The smallest absolute Gasteiger partial charge is 0.107 e. The number of imidazole rings is 1. The first kappa shape index (κ1) is 11.4. The van der Waals surface area contributed by atoms with Crippen LogP contribution in [0.25, 0.3) is 11.0 Å². The maximum Gasteiger partial charge on any atom is 0.107 e. The van der Waals surface area contributed by atoms with Crippen LogP contribution in [-0.4, -0.2) is 16.5 Å². The van der Waals surface area contributed by atoms with E-state index in [1.807, 2.05) is 18.2 Å². The fraction of sp³-hybridized carbons (Fsp3) is 0.417. The summed E-state index contributed by atoms with van der Waals surface area (Å²) in [7, 11) is 0. The van der Waals surface area contributed by atoms with E-state index in [2.05, 4.69) is 16.9 Å². The van der Waals surface area contributed by atoms with E-state index >= 15 is 0 Å². The number of aromatic nitrogens is 2. The van der Waals surface area contributed by atoms with Gasteiger partial charge in [0.2, 0.25) is 0 Å². The third-order valence-electron chi connectivity index (χ3n) is 2.91. The van der Waals surface area contributed by atoms with Gasteiger partial charge in [0.25, 0.3) is 0 Å². The van der Waals surface area contributed by atoms with Crippen LogP contribution in [0.15, 0.2) is 18.2 Å². The van der Waals surface area contributed by atoms with Crippen LogP contribution < -0.4 is 5.73 Å². The average Bonchev–Trinajstić information content (AvgIpc) is 2.70. The fourth-order valence-corrected chi connectivity index (χ4v) is 2.03. The van der Waals surface area contributed by atoms with Gasteiger partial charge >= 0.3 is 0 Å². The third-order valence-corrected chi connectivity index (χ3v) is 3.21. The molecule has 0 saturated heterocycles. The Morgan fingerprint density at radius 3 is 2.94 bits per heavy atom. The van der Waals surface area contributed by atoms with E-state index in [4.69, 9.17) is 17.3 Å². The number of halogens is 1. The van der Waals surface area contributed by atoms with Crippen LogP contribution in [0, 0.1) is 5.92 Å². The van der Waals surface area contributed by atoms with Gasteiger partial charge in [-0.1, -0.05) is 31.0 Å². The van der Waals surface area contributed by atoms with Gasteiger partial charge in [-0.05, 0) is 24.6 Å². The number of H-pyrrole nitrogens is 1. The molecule has 1 unspecified atom stereocenters. The molecule has 86 valence electrons. The lowest BCUT2D eigenvalue weighted by molar-refractivity contribution is 0.508. The predicted molar refractivity (Wildman–Crippen MR) is 67.6 cm³/mol. The second-order valence-electron chi connectivity index (χ2n) is 4.03. The lowest BCUT2D eigenvalue weighted by Crippen LogP contribution is -2.16. The standard InChI is InChI=1S/C12H16ClN3/c1-2-8(7-14)6-11-15-10-5-3-4-9(13)12(10)16-11/h3-5,8H,2,6-7,14H2,1H3,(H,15,16). The highest BCUT2D eigenvalue weighted by Crippen LogP contribution is 2.22. The molecule has 3 N–H and O–H groups in total. The minimum Gasteiger partial charge on any atom is -0.342 e. The van der Waals surface area contributed by atoms with Gasteiger partial charge < -0.3 is 10.7 Å². The molecule has 0 fully saturated rings. The van der Waals surface area contributed by atoms with Gasteiger partial charge in [-0.2, -0.15) is 0 Å². The lowest BCUT2D eigenvalue weighted by atomic mass is 10.0. The van der Waals surface area contributed by atoms with Gasteiger partial charge in [-0.15, -0.1) is 0 Å². The van der Waals surface area contributed by atoms with Crippen molar-refractivity contribution in [3.05, 3.63) is 29.0 Å². The molecule has 0 aliphatic heterocycles. The van der Waals surface area contributed by atoms with Crippen molar-refractivity contribution >= 4 is 22.6 Å². The summed E-state index contributed by atoms with van der Waals surface area (Å²) in [5.41, 5.74) is 7.54. The van der Waals surface area contributed by atoms with E-state index < -0.39 is 0 Å². The van der Waals surface area contributed by atoms with Crippen LogP contribution >= 0.6 is 11.6 Å². The summed E-state index contributed by atoms with van der Waals surface area (Å²) in [5.74, 6) is 1.46. The molecule has 1 atom stereocenters. The van der Waals surface area contributed by atoms with Crippen LogP contribution in [0.4, 0.5) is 0 Å². The Morgan fingerprint density at radius 1 is 1.50 bits per heavy atom. The van der Waals surface area contributed by atoms with E-state index in [0.29, 0.717) is 17.5 Å². The number of nitrogens with two attached hydrogens (primary N) is 1. The van der Waals surface area contributed by atoms with Gasteiger partial charge in [0, 0.05) is 6.42 Å². The molecule has 1 aromatic heterocycles. The van der Waals surface area contributed by atoms with E-state index in [1.54, 1.807) is 0 Å². The second kappa shape index (κ2) is 4.85. The summed E-state index contributed by atoms with van der Waals surface area (Å²) in [4.78, 5) is 7.79. The molecule has 0 amide bonds. The molecule has 4 heteroatoms. The largest absolute Gasteiger partial charge is 0.342 e. The average molecular weight is 238 g/mol. The van der Waals surface area contributed by atoms with Crippen molar-refractivity contribution in [1.29, 1.82) is 0 Å². The molecule has 1 heterocycles. The van der Waals surface area contributed by atoms with E-state index in [1.165, 1.54) is 0 Å². The first-order chi connectivity index (χ1) is 7.74. The van der Waals surface area contributed by atoms with Gasteiger partial charge in [0.05, 0.1) is 10.5 Å². The van der Waals surface area contributed by atoms with Crippen LogP contribution in [-0.2, 0) is 6.42 Å². The van der Waals surface area contributed by atoms with Crippen molar-refractivity contribution in [2.75, 3.05) is 6.54 Å². The van der Waals surface area contributed by atoms with Gasteiger partial charge in [-0.25, -0.2) is 4.98 Å². The highest BCUT2D eigenvalue weighted by molar-refractivity contribution is 6.34. The Hall–Kier alpha value is -1.06. The highest BCUT2D eigenvalue weighted by atomic mass is 35.5. The van der Waals surface area contributed by atoms with Crippen molar-refractivity contribution < 1.29 is 0 Å². The second-order valence-corrected chi connectivity index (χ2v) is 4.44. The van der Waals surface area contributed by atoms with Gasteiger partial charge in [0.1, 0.15) is 11.3 Å². The van der Waals surface area contributed by atoms with Crippen molar-refractivity contribution in [2.45, 2.75) is 19.8 Å². The molecule has 2 rings (SSSR count). The number of aromatic amines is 1. The molecular weight excluding hydrogens is 222 g/mol. The molecule has 0 aliphatic rings. The number of nitrogens with one attached hydrogen (secondary N) is 1. The van der Waals surface area contributed by atoms with Crippen LogP contribution in [0.5, 0.6) is 0 Å². The van der Waals surface area contributed by atoms with Crippen LogP contribution in [0.1, 0.15) is 19.2 Å². The maximum atomic E-state index is 6.07. The van der Waals surface area contributed by atoms with Gasteiger partial charge in [0.15, 0.2) is 0 Å². The zero-order valence-corrected chi connectivity index (χ0v) is 10.1. The molecule has 0 radical (unpaired) electrons. The summed E-state index contributed by atoms with van der Waals surface area (Å²) in [6.07, 6.45) is 1.96. The Bertz CT molecular complexity index is 474. The Labute approximate surface area is 100 Å². The Morgan fingerprint density at radius 2 is 2.31 bits per heavy atom. The number of rotatable bonds is 4. The molecule has 0 aliphatic carbocycles. The zero-order chi connectivity index (χ0) is 11.5. The monoisotopic (exact) mass is 237 g/mol. The molecule has 2 aromatic rings. The number of para-hydroxylation sites is 1. The fourth-order valence-electron chi connectivity index (χ4n) is 1.81. The minimum atomic E-state index is 0.485. The summed E-state index contributed by atoms with van der Waals surface area (Å²) in [6, 6.07) is 5.77. The molecule has 0 bridgehead atoms. The Balaban J connectivity index is 2.29. The maximum absolute atomic E-state index is 6.07. The number of hydrogen-bond acceptors (Lipinski definition) is 2. The third kappa shape index (κ3) is 2.20. The summed E-state index contributed by atoms with van der Waals surface area (Å²) in [6.45, 7) is 2.84. The summed E-state index contributed by atoms with van der Waals surface area (Å²) >= 11 is 6.07. The van der Waals surface area contributed by atoms with Crippen molar-refractivity contribution in [3.8, 4) is 0 Å². The van der Waals surface area contributed by atoms with Crippen molar-refractivity contribution in [1.82, 2.24) is 9.97 Å². The van der Waals surface area contributed by atoms with E-state index in [9.17, 15) is 0 Å². The van der Waals surface area contributed by atoms with Crippen molar-refractivity contribution in [2.24, 2.45) is 11.7 Å². The first-order valence-corrected chi connectivity index (χ1v) is 5.95.